The molecule has 8 aromatic rings. The summed E-state index contributed by atoms with van der Waals surface area (Å²) in [4.78, 5) is 0. The lowest BCUT2D eigenvalue weighted by Crippen LogP contribution is -2.11. The van der Waals surface area contributed by atoms with Crippen LogP contribution in [-0.2, 0) is 21.7 Å². The van der Waals surface area contributed by atoms with E-state index in [0.29, 0.717) is 22.5 Å². The second kappa shape index (κ2) is 13.1. The zero-order chi connectivity index (χ0) is 41.9. The first-order valence-electron chi connectivity index (χ1n) is 20.3. The molecule has 0 N–H and O–H groups in total. The van der Waals surface area contributed by atoms with Gasteiger partial charge in [-0.05, 0) is 117 Å². The molecule has 0 aliphatic rings. The van der Waals surface area contributed by atoms with Gasteiger partial charge in [-0.3, -0.25) is 0 Å². The smallest absolute Gasteiger partial charge is 0.134 e. The SMILES string of the molecule is CC(C)(C)c1ccc2c(c1)c1cc(C(C)(C)C)ccc1n2-c1ccc(-c2c(F)cccc2F)c(-n2c3ccc(C(C)(C)C)cc3c3cc(C(C)(C)C)ccc32)c1C#N. The lowest BCUT2D eigenvalue weighted by molar-refractivity contribution is 0.589. The van der Waals surface area contributed by atoms with Gasteiger partial charge in [-0.25, -0.2) is 8.78 Å². The Hall–Kier alpha value is -5.73. The van der Waals surface area contributed by atoms with Crippen LogP contribution < -0.4 is 0 Å². The van der Waals surface area contributed by atoms with Gasteiger partial charge in [-0.15, -0.1) is 0 Å². The third-order valence-electron chi connectivity index (χ3n) is 12.0. The van der Waals surface area contributed by atoms with E-state index in [1.54, 1.807) is 6.07 Å². The van der Waals surface area contributed by atoms with Gasteiger partial charge < -0.3 is 9.13 Å². The number of fused-ring (bicyclic) bond motifs is 6. The molecule has 0 spiro atoms. The van der Waals surface area contributed by atoms with Crippen LogP contribution in [-0.4, -0.2) is 9.13 Å². The van der Waals surface area contributed by atoms with E-state index in [0.717, 1.165) is 43.6 Å². The Labute approximate surface area is 341 Å². The third-order valence-corrected chi connectivity index (χ3v) is 12.0. The van der Waals surface area contributed by atoms with Crippen LogP contribution in [0.25, 0.3) is 66.1 Å². The molecule has 2 aromatic heterocycles. The van der Waals surface area contributed by atoms with Crippen LogP contribution in [0.3, 0.4) is 0 Å². The summed E-state index contributed by atoms with van der Waals surface area (Å²) in [5, 5.41) is 15.7. The van der Waals surface area contributed by atoms with Gasteiger partial charge in [0, 0.05) is 27.1 Å². The Morgan fingerprint density at radius 2 is 0.793 bits per heavy atom. The molecule has 0 saturated carbocycles. The molecule has 0 radical (unpaired) electrons. The van der Waals surface area contributed by atoms with E-state index in [9.17, 15) is 5.26 Å². The summed E-state index contributed by atoms with van der Waals surface area (Å²) in [6, 6.07) is 36.4. The monoisotopic (exact) mass is 769 g/mol. The average molecular weight is 770 g/mol. The molecule has 6 aromatic carbocycles. The summed E-state index contributed by atoms with van der Waals surface area (Å²) in [6.45, 7) is 26.5. The van der Waals surface area contributed by atoms with Crippen LogP contribution in [0, 0.1) is 23.0 Å². The van der Waals surface area contributed by atoms with Crippen molar-refractivity contribution in [3.63, 3.8) is 0 Å². The molecule has 0 unspecified atom stereocenters. The van der Waals surface area contributed by atoms with Gasteiger partial charge in [-0.1, -0.05) is 113 Å². The van der Waals surface area contributed by atoms with Gasteiger partial charge in [0.1, 0.15) is 23.3 Å². The number of nitriles is 1. The van der Waals surface area contributed by atoms with Crippen molar-refractivity contribution in [3.05, 3.63) is 143 Å². The quantitative estimate of drug-likeness (QED) is 0.176. The largest absolute Gasteiger partial charge is 0.308 e. The molecule has 0 fully saturated rings. The maximum atomic E-state index is 16.1. The van der Waals surface area contributed by atoms with Gasteiger partial charge in [-0.2, -0.15) is 5.26 Å². The van der Waals surface area contributed by atoms with Crippen molar-refractivity contribution in [3.8, 4) is 28.6 Å². The van der Waals surface area contributed by atoms with Crippen molar-refractivity contribution in [1.29, 1.82) is 5.26 Å². The molecule has 0 bridgehead atoms. The minimum Gasteiger partial charge on any atom is -0.308 e. The van der Waals surface area contributed by atoms with Crippen LogP contribution in [0.1, 0.15) is 111 Å². The predicted molar refractivity (Wildman–Crippen MR) is 240 cm³/mol. The van der Waals surface area contributed by atoms with Crippen LogP contribution in [0.2, 0.25) is 0 Å². The Morgan fingerprint density at radius 3 is 1.12 bits per heavy atom. The van der Waals surface area contributed by atoms with E-state index in [1.165, 1.54) is 40.5 Å². The molecule has 2 heterocycles. The number of halogens is 2. The summed E-state index contributed by atoms with van der Waals surface area (Å²) in [5.74, 6) is -1.38. The minimum atomic E-state index is -0.690. The summed E-state index contributed by atoms with van der Waals surface area (Å²) < 4.78 is 36.5. The summed E-state index contributed by atoms with van der Waals surface area (Å²) >= 11 is 0. The van der Waals surface area contributed by atoms with Crippen LogP contribution in [0.4, 0.5) is 8.78 Å². The third kappa shape index (κ3) is 6.29. The first-order valence-corrected chi connectivity index (χ1v) is 20.3. The highest BCUT2D eigenvalue weighted by Gasteiger charge is 2.29. The molecule has 8 rings (SSSR count). The Bertz CT molecular complexity index is 2850. The zero-order valence-corrected chi connectivity index (χ0v) is 35.9. The Balaban J connectivity index is 1.57. The van der Waals surface area contributed by atoms with Gasteiger partial charge in [0.15, 0.2) is 0 Å². The first-order chi connectivity index (χ1) is 27.1. The average Bonchev–Trinajstić information content (AvgIpc) is 3.64. The summed E-state index contributed by atoms with van der Waals surface area (Å²) in [6.07, 6.45) is 0. The highest BCUT2D eigenvalue weighted by atomic mass is 19.1. The fourth-order valence-electron chi connectivity index (χ4n) is 8.48. The number of nitrogens with zero attached hydrogens (tertiary/aromatic N) is 3. The molecule has 58 heavy (non-hydrogen) atoms. The maximum Gasteiger partial charge on any atom is 0.134 e. The number of rotatable bonds is 3. The van der Waals surface area contributed by atoms with E-state index in [2.05, 4.69) is 171 Å². The molecule has 0 amide bonds. The van der Waals surface area contributed by atoms with Crippen molar-refractivity contribution < 1.29 is 8.78 Å². The van der Waals surface area contributed by atoms with Gasteiger partial charge in [0.25, 0.3) is 0 Å². The van der Waals surface area contributed by atoms with E-state index < -0.39 is 11.6 Å². The topological polar surface area (TPSA) is 33.6 Å². The molecule has 0 aliphatic carbocycles. The van der Waals surface area contributed by atoms with Gasteiger partial charge in [0.2, 0.25) is 0 Å². The van der Waals surface area contributed by atoms with E-state index in [1.807, 2.05) is 6.07 Å². The summed E-state index contributed by atoms with van der Waals surface area (Å²) in [5.41, 5.74) is 9.48. The number of hydrogen-bond donors (Lipinski definition) is 0. The van der Waals surface area contributed by atoms with Crippen molar-refractivity contribution in [2.45, 2.75) is 105 Å². The summed E-state index contributed by atoms with van der Waals surface area (Å²) in [7, 11) is 0. The van der Waals surface area contributed by atoms with E-state index in [-0.39, 0.29) is 27.2 Å². The molecule has 0 saturated heterocycles. The molecular formula is C53H53F2N3. The molecular weight excluding hydrogens is 717 g/mol. The van der Waals surface area contributed by atoms with Crippen LogP contribution in [0.15, 0.2) is 103 Å². The van der Waals surface area contributed by atoms with Gasteiger partial charge >= 0.3 is 0 Å². The predicted octanol–water partition coefficient (Wildman–Crippen LogP) is 14.9. The molecule has 5 heteroatoms. The highest BCUT2D eigenvalue weighted by molar-refractivity contribution is 6.12. The first kappa shape index (κ1) is 39.1. The van der Waals surface area contributed by atoms with Crippen molar-refractivity contribution in [2.24, 2.45) is 0 Å². The van der Waals surface area contributed by atoms with E-state index >= 15 is 8.78 Å². The van der Waals surface area contributed by atoms with Crippen molar-refractivity contribution >= 4 is 43.6 Å². The molecule has 3 nitrogen and oxygen atoms in total. The number of benzene rings is 6. The lowest BCUT2D eigenvalue weighted by atomic mass is 9.85. The fourth-order valence-corrected chi connectivity index (χ4v) is 8.48. The fraction of sp³-hybridized carbons (Fsp3) is 0.302. The van der Waals surface area contributed by atoms with Crippen LogP contribution >= 0.6 is 0 Å². The molecule has 0 atom stereocenters. The second-order valence-electron chi connectivity index (χ2n) is 20.2. The number of aromatic nitrogens is 2. The second-order valence-corrected chi connectivity index (χ2v) is 20.2. The van der Waals surface area contributed by atoms with Crippen LogP contribution in [0.5, 0.6) is 0 Å². The highest BCUT2D eigenvalue weighted by Crippen LogP contribution is 2.45. The van der Waals surface area contributed by atoms with Crippen molar-refractivity contribution in [1.82, 2.24) is 9.13 Å². The Kier molecular flexibility index (Phi) is 8.87. The number of hydrogen-bond acceptors (Lipinski definition) is 1. The Morgan fingerprint density at radius 1 is 0.448 bits per heavy atom. The van der Waals surface area contributed by atoms with Crippen molar-refractivity contribution in [2.75, 3.05) is 0 Å². The normalized spacial score (nSPS) is 13.0. The van der Waals surface area contributed by atoms with Gasteiger partial charge in [0.05, 0.1) is 39.0 Å². The molecule has 294 valence electrons. The zero-order valence-electron chi connectivity index (χ0n) is 35.9. The maximum absolute atomic E-state index is 16.1. The lowest BCUT2D eigenvalue weighted by Gasteiger charge is -2.22. The van der Waals surface area contributed by atoms with E-state index in [4.69, 9.17) is 0 Å². The molecule has 0 aliphatic heterocycles. The standard InChI is InChI=1S/C53H53F2N3/c1-50(2,3)31-16-21-43-36(26-31)37-27-32(51(4,5)6)17-22-44(37)57(43)47-25-20-35(48-41(54)14-13-15-42(48)55)49(40(47)30-56)58-45-23-18-33(52(7,8)9)28-38(45)39-29-34(53(10,11)12)19-24-46(39)58/h13-29H,1-12H3. The minimum absolute atomic E-state index is 0.0864.